The molecule has 0 radical (unpaired) electrons. The summed E-state index contributed by atoms with van der Waals surface area (Å²) >= 11 is 0. The van der Waals surface area contributed by atoms with Crippen molar-refractivity contribution in [2.45, 2.75) is 0 Å². The summed E-state index contributed by atoms with van der Waals surface area (Å²) in [5.41, 5.74) is 8.29. The minimum absolute atomic E-state index is 0.131. The predicted octanol–water partition coefficient (Wildman–Crippen LogP) is 1.91. The van der Waals surface area contributed by atoms with Crippen LogP contribution in [0.25, 0.3) is 22.8 Å². The number of oxazole rings is 1. The summed E-state index contributed by atoms with van der Waals surface area (Å²) < 4.78 is 5.87. The van der Waals surface area contributed by atoms with Crippen molar-refractivity contribution in [3.05, 3.63) is 54.5 Å². The normalized spacial score (nSPS) is 14.4. The predicted molar refractivity (Wildman–Crippen MR) is 98.8 cm³/mol. The van der Waals surface area contributed by atoms with E-state index in [1.807, 2.05) is 24.3 Å². The molecule has 7 nitrogen and oxygen atoms in total. The van der Waals surface area contributed by atoms with Gasteiger partial charge in [-0.1, -0.05) is 0 Å². The number of benzene rings is 1. The van der Waals surface area contributed by atoms with E-state index < -0.39 is 5.91 Å². The molecule has 7 heteroatoms. The van der Waals surface area contributed by atoms with E-state index in [2.05, 4.69) is 20.2 Å². The summed E-state index contributed by atoms with van der Waals surface area (Å²) in [7, 11) is 0. The van der Waals surface area contributed by atoms with E-state index in [1.54, 1.807) is 24.5 Å². The molecule has 1 fully saturated rings. The highest BCUT2D eigenvalue weighted by Crippen LogP contribution is 2.30. The van der Waals surface area contributed by atoms with Crippen LogP contribution in [0, 0.1) is 0 Å². The highest BCUT2D eigenvalue weighted by atomic mass is 16.4. The summed E-state index contributed by atoms with van der Waals surface area (Å²) in [4.78, 5) is 22.4. The van der Waals surface area contributed by atoms with Crippen LogP contribution in [0.3, 0.4) is 0 Å². The standard InChI is InChI=1S/C19H19N5O2/c20-18(25)16-17(26-19(23-16)14-5-7-21-8-6-14)13-1-3-15(4-2-13)24-11-9-22-10-12-24/h1-8,22H,9-12H2,(H2,20,25). The number of aromatic nitrogens is 2. The molecule has 0 unspecified atom stereocenters. The zero-order valence-corrected chi connectivity index (χ0v) is 14.2. The first-order chi connectivity index (χ1) is 12.7. The maximum Gasteiger partial charge on any atom is 0.271 e. The maximum absolute atomic E-state index is 11.8. The second-order valence-electron chi connectivity index (χ2n) is 6.08. The van der Waals surface area contributed by atoms with Crippen molar-refractivity contribution in [2.75, 3.05) is 31.1 Å². The number of carbonyl (C=O) groups is 1. The van der Waals surface area contributed by atoms with Crippen molar-refractivity contribution in [2.24, 2.45) is 5.73 Å². The Labute approximate surface area is 150 Å². The van der Waals surface area contributed by atoms with Gasteiger partial charge in [0.15, 0.2) is 11.5 Å². The van der Waals surface area contributed by atoms with Crippen LogP contribution in [-0.2, 0) is 0 Å². The molecule has 3 N–H and O–H groups in total. The molecule has 0 bridgehead atoms. The number of piperazine rings is 1. The number of pyridine rings is 1. The smallest absolute Gasteiger partial charge is 0.271 e. The quantitative estimate of drug-likeness (QED) is 0.747. The summed E-state index contributed by atoms with van der Waals surface area (Å²) in [6.07, 6.45) is 3.29. The van der Waals surface area contributed by atoms with Gasteiger partial charge in [-0.15, -0.1) is 0 Å². The first-order valence-electron chi connectivity index (χ1n) is 8.49. The lowest BCUT2D eigenvalue weighted by atomic mass is 10.1. The van der Waals surface area contributed by atoms with Gasteiger partial charge in [-0.2, -0.15) is 0 Å². The maximum atomic E-state index is 11.8. The molecule has 1 aliphatic rings. The van der Waals surface area contributed by atoms with E-state index in [-0.39, 0.29) is 5.69 Å². The molecule has 132 valence electrons. The lowest BCUT2D eigenvalue weighted by Crippen LogP contribution is -2.43. The molecule has 0 spiro atoms. The number of hydrogen-bond donors (Lipinski definition) is 2. The number of hydrogen-bond acceptors (Lipinski definition) is 6. The van der Waals surface area contributed by atoms with Gasteiger partial charge in [-0.25, -0.2) is 4.98 Å². The Hall–Kier alpha value is -3.19. The van der Waals surface area contributed by atoms with Crippen LogP contribution < -0.4 is 16.0 Å². The number of primary amides is 1. The van der Waals surface area contributed by atoms with E-state index in [1.165, 1.54) is 0 Å². The number of amides is 1. The van der Waals surface area contributed by atoms with Crippen LogP contribution in [0.4, 0.5) is 5.69 Å². The minimum Gasteiger partial charge on any atom is -0.435 e. The fraction of sp³-hybridized carbons (Fsp3) is 0.211. The molecular formula is C19H19N5O2. The number of carbonyl (C=O) groups excluding carboxylic acids is 1. The molecular weight excluding hydrogens is 330 g/mol. The highest BCUT2D eigenvalue weighted by Gasteiger charge is 2.20. The number of nitrogens with zero attached hydrogens (tertiary/aromatic N) is 3. The Morgan fingerprint density at radius 2 is 1.73 bits per heavy atom. The monoisotopic (exact) mass is 349 g/mol. The number of nitrogens with two attached hydrogens (primary N) is 1. The van der Waals surface area contributed by atoms with Crippen LogP contribution in [0.5, 0.6) is 0 Å². The first-order valence-corrected chi connectivity index (χ1v) is 8.49. The first kappa shape index (κ1) is 16.3. The van der Waals surface area contributed by atoms with Gasteiger partial charge in [0.1, 0.15) is 0 Å². The molecule has 0 saturated carbocycles. The zero-order chi connectivity index (χ0) is 17.9. The minimum atomic E-state index is -0.616. The average molecular weight is 349 g/mol. The fourth-order valence-electron chi connectivity index (χ4n) is 3.05. The molecule has 1 amide bonds. The Kier molecular flexibility index (Phi) is 4.37. The molecule has 26 heavy (non-hydrogen) atoms. The van der Waals surface area contributed by atoms with Crippen LogP contribution >= 0.6 is 0 Å². The lowest BCUT2D eigenvalue weighted by Gasteiger charge is -2.29. The molecule has 0 aliphatic carbocycles. The van der Waals surface area contributed by atoms with Crippen molar-refractivity contribution in [1.29, 1.82) is 0 Å². The van der Waals surface area contributed by atoms with Crippen molar-refractivity contribution in [1.82, 2.24) is 15.3 Å². The number of rotatable bonds is 4. The second-order valence-corrected chi connectivity index (χ2v) is 6.08. The largest absolute Gasteiger partial charge is 0.435 e. The van der Waals surface area contributed by atoms with Crippen molar-refractivity contribution < 1.29 is 9.21 Å². The van der Waals surface area contributed by atoms with E-state index in [4.69, 9.17) is 10.2 Å². The second kappa shape index (κ2) is 6.97. The number of nitrogens with one attached hydrogen (secondary N) is 1. The molecule has 1 aliphatic heterocycles. The Morgan fingerprint density at radius 3 is 2.38 bits per heavy atom. The summed E-state index contributed by atoms with van der Waals surface area (Å²) in [5.74, 6) is 0.119. The van der Waals surface area contributed by atoms with E-state index in [9.17, 15) is 4.79 Å². The molecule has 0 atom stereocenters. The van der Waals surface area contributed by atoms with Crippen molar-refractivity contribution in [3.63, 3.8) is 0 Å². The fourth-order valence-corrected chi connectivity index (χ4v) is 3.05. The van der Waals surface area contributed by atoms with E-state index in [0.717, 1.165) is 43.0 Å². The zero-order valence-electron chi connectivity index (χ0n) is 14.2. The van der Waals surface area contributed by atoms with Gasteiger partial charge in [0.2, 0.25) is 5.89 Å². The lowest BCUT2D eigenvalue weighted by molar-refractivity contribution is 0.0996. The van der Waals surface area contributed by atoms with Gasteiger partial charge in [0.25, 0.3) is 5.91 Å². The van der Waals surface area contributed by atoms with Gasteiger partial charge < -0.3 is 20.4 Å². The van der Waals surface area contributed by atoms with Crippen LogP contribution in [0.15, 0.2) is 53.2 Å². The third-order valence-corrected chi connectivity index (χ3v) is 4.40. The average Bonchev–Trinajstić information content (AvgIpc) is 3.15. The van der Waals surface area contributed by atoms with E-state index >= 15 is 0 Å². The third-order valence-electron chi connectivity index (χ3n) is 4.40. The van der Waals surface area contributed by atoms with Crippen LogP contribution in [-0.4, -0.2) is 42.1 Å². The van der Waals surface area contributed by atoms with Crippen LogP contribution in [0.1, 0.15) is 10.5 Å². The van der Waals surface area contributed by atoms with Gasteiger partial charge in [-0.3, -0.25) is 9.78 Å². The summed E-state index contributed by atoms with van der Waals surface area (Å²) in [5, 5.41) is 3.34. The van der Waals surface area contributed by atoms with Gasteiger partial charge >= 0.3 is 0 Å². The van der Waals surface area contributed by atoms with Crippen molar-refractivity contribution in [3.8, 4) is 22.8 Å². The van der Waals surface area contributed by atoms with Gasteiger partial charge in [0, 0.05) is 55.4 Å². The summed E-state index contributed by atoms with van der Waals surface area (Å²) in [6.45, 7) is 3.90. The van der Waals surface area contributed by atoms with Gasteiger partial charge in [0.05, 0.1) is 0 Å². The SMILES string of the molecule is NC(=O)c1nc(-c2ccncc2)oc1-c1ccc(N2CCNCC2)cc1. The molecule has 3 aromatic rings. The Morgan fingerprint density at radius 1 is 1.04 bits per heavy atom. The molecule has 4 rings (SSSR count). The highest BCUT2D eigenvalue weighted by molar-refractivity contribution is 5.97. The topological polar surface area (TPSA) is 97.3 Å². The van der Waals surface area contributed by atoms with E-state index in [0.29, 0.717) is 11.7 Å². The third kappa shape index (κ3) is 3.16. The number of anilines is 1. The van der Waals surface area contributed by atoms with Gasteiger partial charge in [-0.05, 0) is 36.4 Å². The molecule has 1 saturated heterocycles. The molecule has 2 aromatic heterocycles. The molecule has 3 heterocycles. The van der Waals surface area contributed by atoms with Crippen LogP contribution in [0.2, 0.25) is 0 Å². The molecule has 1 aromatic carbocycles. The Bertz CT molecular complexity index is 899. The Balaban J connectivity index is 1.68. The summed E-state index contributed by atoms with van der Waals surface area (Å²) in [6, 6.07) is 11.5. The van der Waals surface area contributed by atoms with Crippen molar-refractivity contribution >= 4 is 11.6 Å².